The average molecular weight is 352 g/mol. The Balaban J connectivity index is 2.72. The maximum atomic E-state index is 14.0. The minimum atomic E-state index is -0.608. The van der Waals surface area contributed by atoms with E-state index in [-0.39, 0.29) is 12.0 Å². The first kappa shape index (κ1) is 20.4. The topological polar surface area (TPSA) is 20.3 Å². The van der Waals surface area contributed by atoms with E-state index in [1.807, 2.05) is 36.4 Å². The summed E-state index contributed by atoms with van der Waals surface area (Å²) >= 11 is 0. The summed E-state index contributed by atoms with van der Waals surface area (Å²) in [7, 11) is 4.18. The van der Waals surface area contributed by atoms with Crippen LogP contribution in [0.5, 0.6) is 0 Å². The van der Waals surface area contributed by atoms with E-state index < -0.39 is 5.41 Å². The van der Waals surface area contributed by atoms with E-state index >= 15 is 0 Å². The molecule has 0 bridgehead atoms. The van der Waals surface area contributed by atoms with Crippen molar-refractivity contribution in [3.05, 3.63) is 71.8 Å². The molecule has 26 heavy (non-hydrogen) atoms. The van der Waals surface area contributed by atoms with Gasteiger partial charge in [-0.2, -0.15) is 0 Å². The number of hydrogen-bond donors (Lipinski definition) is 0. The third-order valence-electron chi connectivity index (χ3n) is 5.79. The van der Waals surface area contributed by atoms with Crippen molar-refractivity contribution >= 4 is 5.78 Å². The van der Waals surface area contributed by atoms with Crippen LogP contribution in [0.15, 0.2) is 60.7 Å². The third-order valence-corrected chi connectivity index (χ3v) is 5.79. The van der Waals surface area contributed by atoms with Gasteiger partial charge in [0.25, 0.3) is 0 Å². The molecule has 0 saturated carbocycles. The molecule has 2 aromatic rings. The zero-order valence-electron chi connectivity index (χ0n) is 16.9. The lowest BCUT2D eigenvalue weighted by Gasteiger charge is -2.39. The fraction of sp³-hybridized carbons (Fsp3) is 0.458. The van der Waals surface area contributed by atoms with Crippen LogP contribution in [-0.4, -0.2) is 30.8 Å². The Hall–Kier alpha value is -1.93. The van der Waals surface area contributed by atoms with E-state index in [9.17, 15) is 4.79 Å². The molecular weight excluding hydrogens is 318 g/mol. The number of carbonyl (C=O) groups is 1. The van der Waals surface area contributed by atoms with Crippen molar-refractivity contribution in [1.29, 1.82) is 0 Å². The Bertz CT molecular complexity index is 634. The van der Waals surface area contributed by atoms with Gasteiger partial charge in [0, 0.05) is 12.0 Å². The molecule has 0 spiro atoms. The number of nitrogens with zero attached hydrogens (tertiary/aromatic N) is 1. The molecule has 0 radical (unpaired) electrons. The van der Waals surface area contributed by atoms with Crippen LogP contribution in [0.3, 0.4) is 0 Å². The van der Waals surface area contributed by atoms with Crippen LogP contribution in [0.2, 0.25) is 0 Å². The molecule has 0 aromatic heterocycles. The third kappa shape index (κ3) is 4.07. The van der Waals surface area contributed by atoms with E-state index in [4.69, 9.17) is 0 Å². The van der Waals surface area contributed by atoms with Gasteiger partial charge in [0.2, 0.25) is 0 Å². The molecule has 0 amide bonds. The summed E-state index contributed by atoms with van der Waals surface area (Å²) in [4.78, 5) is 16.2. The second-order valence-electron chi connectivity index (χ2n) is 7.53. The van der Waals surface area contributed by atoms with Crippen molar-refractivity contribution < 1.29 is 4.79 Å². The Kier molecular flexibility index (Phi) is 7.16. The number of benzene rings is 2. The van der Waals surface area contributed by atoms with Crippen molar-refractivity contribution in [1.82, 2.24) is 4.90 Å². The SMILES string of the molecule is CCC(CC)C(=O)C(C[C@H](C)N(C)C)(c1ccccc1)c1ccccc1. The largest absolute Gasteiger partial charge is 0.307 e. The first-order chi connectivity index (χ1) is 12.5. The Morgan fingerprint density at radius 3 is 1.65 bits per heavy atom. The van der Waals surface area contributed by atoms with Gasteiger partial charge in [0.1, 0.15) is 0 Å². The summed E-state index contributed by atoms with van der Waals surface area (Å²) in [5.41, 5.74) is 1.61. The average Bonchev–Trinajstić information content (AvgIpc) is 2.68. The van der Waals surface area contributed by atoms with Gasteiger partial charge in [0.05, 0.1) is 5.41 Å². The molecule has 0 unspecified atom stereocenters. The molecule has 0 aliphatic heterocycles. The minimum absolute atomic E-state index is 0.0739. The van der Waals surface area contributed by atoms with Crippen LogP contribution >= 0.6 is 0 Å². The molecule has 2 heteroatoms. The quantitative estimate of drug-likeness (QED) is 0.609. The number of rotatable bonds is 9. The van der Waals surface area contributed by atoms with Gasteiger partial charge in [0.15, 0.2) is 5.78 Å². The fourth-order valence-electron chi connectivity index (χ4n) is 3.87. The maximum absolute atomic E-state index is 14.0. The Morgan fingerprint density at radius 1 is 0.885 bits per heavy atom. The lowest BCUT2D eigenvalue weighted by atomic mass is 9.64. The van der Waals surface area contributed by atoms with E-state index in [1.165, 1.54) is 0 Å². The zero-order valence-corrected chi connectivity index (χ0v) is 16.9. The van der Waals surface area contributed by atoms with E-state index in [1.54, 1.807) is 0 Å². The molecule has 0 N–H and O–H groups in total. The molecule has 1 atom stereocenters. The highest BCUT2D eigenvalue weighted by Gasteiger charge is 2.44. The predicted molar refractivity (Wildman–Crippen MR) is 111 cm³/mol. The number of Topliss-reactive ketones (excluding diaryl/α,β-unsaturated/α-hetero) is 1. The molecule has 0 aliphatic carbocycles. The number of ketones is 1. The van der Waals surface area contributed by atoms with Crippen molar-refractivity contribution in [2.75, 3.05) is 14.1 Å². The van der Waals surface area contributed by atoms with Crippen LogP contribution in [0.25, 0.3) is 0 Å². The zero-order chi connectivity index (χ0) is 19.2. The monoisotopic (exact) mass is 351 g/mol. The summed E-state index contributed by atoms with van der Waals surface area (Å²) in [5, 5.41) is 0. The van der Waals surface area contributed by atoms with Gasteiger partial charge in [-0.25, -0.2) is 0 Å². The molecule has 0 saturated heterocycles. The second kappa shape index (κ2) is 9.14. The van der Waals surface area contributed by atoms with Gasteiger partial charge < -0.3 is 4.90 Å². The molecule has 140 valence electrons. The molecular formula is C24H33NO. The summed E-state index contributed by atoms with van der Waals surface area (Å²) in [5.74, 6) is 0.429. The molecule has 2 aromatic carbocycles. The van der Waals surface area contributed by atoms with Crippen molar-refractivity contribution in [2.24, 2.45) is 5.92 Å². The van der Waals surface area contributed by atoms with Crippen molar-refractivity contribution in [2.45, 2.75) is 51.5 Å². The Morgan fingerprint density at radius 2 is 1.31 bits per heavy atom. The highest BCUT2D eigenvalue weighted by molar-refractivity contribution is 5.95. The smallest absolute Gasteiger partial charge is 0.150 e. The number of carbonyl (C=O) groups excluding carboxylic acids is 1. The van der Waals surface area contributed by atoms with Crippen LogP contribution in [0.4, 0.5) is 0 Å². The molecule has 0 fully saturated rings. The van der Waals surface area contributed by atoms with E-state index in [0.717, 1.165) is 30.4 Å². The predicted octanol–water partition coefficient (Wildman–Crippen LogP) is 5.32. The van der Waals surface area contributed by atoms with Gasteiger partial charge in [-0.15, -0.1) is 0 Å². The number of hydrogen-bond acceptors (Lipinski definition) is 2. The van der Waals surface area contributed by atoms with Crippen LogP contribution in [0, 0.1) is 5.92 Å². The summed E-state index contributed by atoms with van der Waals surface area (Å²) in [6.07, 6.45) is 2.55. The second-order valence-corrected chi connectivity index (χ2v) is 7.53. The van der Waals surface area contributed by atoms with Gasteiger partial charge in [-0.1, -0.05) is 74.5 Å². The first-order valence-corrected chi connectivity index (χ1v) is 9.79. The lowest BCUT2D eigenvalue weighted by Crippen LogP contribution is -2.45. The van der Waals surface area contributed by atoms with Crippen LogP contribution in [0.1, 0.15) is 51.2 Å². The summed E-state index contributed by atoms with van der Waals surface area (Å²) < 4.78 is 0. The molecule has 0 aliphatic rings. The molecule has 0 heterocycles. The standard InChI is InChI=1S/C24H33NO/c1-6-20(7-2)23(26)24(18-19(3)25(4)5,21-14-10-8-11-15-21)22-16-12-9-13-17-22/h8-17,19-20H,6-7,18H2,1-5H3/t19-/m0/s1. The summed E-state index contributed by atoms with van der Waals surface area (Å²) in [6.45, 7) is 6.46. The van der Waals surface area contributed by atoms with Gasteiger partial charge in [-0.3, -0.25) is 4.79 Å². The fourth-order valence-corrected chi connectivity index (χ4v) is 3.87. The van der Waals surface area contributed by atoms with Crippen LogP contribution in [-0.2, 0) is 10.2 Å². The van der Waals surface area contributed by atoms with Crippen molar-refractivity contribution in [3.63, 3.8) is 0 Å². The van der Waals surface area contributed by atoms with E-state index in [0.29, 0.717) is 5.78 Å². The molecule has 2 nitrogen and oxygen atoms in total. The maximum Gasteiger partial charge on any atom is 0.150 e. The lowest BCUT2D eigenvalue weighted by molar-refractivity contribution is -0.128. The highest BCUT2D eigenvalue weighted by atomic mass is 16.1. The Labute approximate surface area is 159 Å². The van der Waals surface area contributed by atoms with E-state index in [2.05, 4.69) is 64.0 Å². The van der Waals surface area contributed by atoms with Crippen LogP contribution < -0.4 is 0 Å². The highest BCUT2D eigenvalue weighted by Crippen LogP contribution is 2.41. The summed E-state index contributed by atoms with van der Waals surface area (Å²) in [6, 6.07) is 21.0. The minimum Gasteiger partial charge on any atom is -0.307 e. The molecule has 2 rings (SSSR count). The first-order valence-electron chi connectivity index (χ1n) is 9.79. The normalized spacial score (nSPS) is 13.2. The van der Waals surface area contributed by atoms with Crippen molar-refractivity contribution in [3.8, 4) is 0 Å². The van der Waals surface area contributed by atoms with Gasteiger partial charge in [-0.05, 0) is 51.4 Å². The van der Waals surface area contributed by atoms with Gasteiger partial charge >= 0.3 is 0 Å².